The average Bonchev–Trinajstić information content (AvgIpc) is 2.66. The van der Waals surface area contributed by atoms with E-state index in [4.69, 9.17) is 4.74 Å². The molecule has 3 aliphatic rings. The molecule has 1 aromatic carbocycles. The molecule has 4 rings (SSSR count). The molecule has 0 aromatic heterocycles. The number of benzene rings is 1. The maximum absolute atomic E-state index is 10.3. The van der Waals surface area contributed by atoms with Gasteiger partial charge in [0.2, 0.25) is 0 Å². The fraction of sp³-hybridized carbons (Fsp3) is 0.680. The van der Waals surface area contributed by atoms with Gasteiger partial charge in [0.25, 0.3) is 0 Å². The minimum absolute atomic E-state index is 0.219. The van der Waals surface area contributed by atoms with Gasteiger partial charge in [-0.2, -0.15) is 0 Å². The lowest BCUT2D eigenvalue weighted by Crippen LogP contribution is -2.48. The topological polar surface area (TPSA) is 41.5 Å². The van der Waals surface area contributed by atoms with Crippen molar-refractivity contribution in [2.45, 2.75) is 66.0 Å². The number of fused-ring (bicyclic) bond motifs is 1. The third kappa shape index (κ3) is 5.06. The van der Waals surface area contributed by atoms with Crippen LogP contribution in [0.4, 0.5) is 0 Å². The van der Waals surface area contributed by atoms with E-state index < -0.39 is 6.10 Å². The summed E-state index contributed by atoms with van der Waals surface area (Å²) in [6.45, 7) is 13.0. The van der Waals surface area contributed by atoms with Crippen molar-refractivity contribution in [3.63, 3.8) is 0 Å². The molecule has 3 aliphatic carbocycles. The molecule has 0 spiro atoms. The summed E-state index contributed by atoms with van der Waals surface area (Å²) in [6, 6.07) is 9.05. The Hall–Kier alpha value is -1.16. The minimum Gasteiger partial charge on any atom is -0.389 e. The summed E-state index contributed by atoms with van der Waals surface area (Å²) in [5, 5.41) is 13.7. The lowest BCUT2D eigenvalue weighted by molar-refractivity contribution is -0.0236. The molecule has 156 valence electrons. The van der Waals surface area contributed by atoms with Crippen LogP contribution in [0.25, 0.3) is 0 Å². The third-order valence-electron chi connectivity index (χ3n) is 6.94. The van der Waals surface area contributed by atoms with Crippen LogP contribution in [0, 0.1) is 23.2 Å². The molecule has 4 atom stereocenters. The lowest BCUT2D eigenvalue weighted by Gasteiger charge is -2.56. The Balaban J connectivity index is 1.36. The van der Waals surface area contributed by atoms with Crippen LogP contribution in [0.2, 0.25) is 0 Å². The lowest BCUT2D eigenvalue weighted by atomic mass is 9.49. The average molecular weight is 386 g/mol. The van der Waals surface area contributed by atoms with Crippen molar-refractivity contribution in [2.75, 3.05) is 19.8 Å². The summed E-state index contributed by atoms with van der Waals surface area (Å²) < 4.78 is 5.86. The highest BCUT2D eigenvalue weighted by atomic mass is 16.5. The first-order valence-electron chi connectivity index (χ1n) is 11.0. The first kappa shape index (κ1) is 21.5. The van der Waals surface area contributed by atoms with Crippen molar-refractivity contribution in [3.05, 3.63) is 47.0 Å². The fourth-order valence-corrected chi connectivity index (χ4v) is 4.86. The van der Waals surface area contributed by atoms with E-state index in [0.29, 0.717) is 37.0 Å². The van der Waals surface area contributed by atoms with Crippen molar-refractivity contribution in [1.82, 2.24) is 5.32 Å². The Morgan fingerprint density at radius 3 is 2.50 bits per heavy atom. The summed E-state index contributed by atoms with van der Waals surface area (Å²) in [7, 11) is 0. The van der Waals surface area contributed by atoms with Crippen molar-refractivity contribution < 1.29 is 9.84 Å². The molecule has 1 fully saturated rings. The van der Waals surface area contributed by atoms with Crippen LogP contribution in [-0.4, -0.2) is 31.0 Å². The molecule has 1 saturated carbocycles. The van der Waals surface area contributed by atoms with Gasteiger partial charge >= 0.3 is 0 Å². The van der Waals surface area contributed by atoms with E-state index >= 15 is 0 Å². The van der Waals surface area contributed by atoms with E-state index in [-0.39, 0.29) is 6.04 Å². The number of hydrogen-bond donors (Lipinski definition) is 2. The molecular weight excluding hydrogens is 346 g/mol. The summed E-state index contributed by atoms with van der Waals surface area (Å²) >= 11 is 0. The largest absolute Gasteiger partial charge is 0.389 e. The van der Waals surface area contributed by atoms with Crippen molar-refractivity contribution >= 4 is 0 Å². The Labute approximate surface area is 171 Å². The van der Waals surface area contributed by atoms with E-state index in [1.165, 1.54) is 29.5 Å². The zero-order valence-electron chi connectivity index (χ0n) is 18.4. The molecule has 0 amide bonds. The van der Waals surface area contributed by atoms with E-state index in [9.17, 15) is 5.11 Å². The fourth-order valence-electron chi connectivity index (χ4n) is 4.86. The van der Waals surface area contributed by atoms with Crippen LogP contribution in [0.1, 0.15) is 64.6 Å². The first-order valence-corrected chi connectivity index (χ1v) is 11.0. The second-order valence-electron chi connectivity index (χ2n) is 9.96. The number of aliphatic hydroxyl groups excluding tert-OH is 1. The molecule has 0 saturated heterocycles. The first-order chi connectivity index (χ1) is 13.3. The Morgan fingerprint density at radius 1 is 1.18 bits per heavy atom. The third-order valence-corrected chi connectivity index (χ3v) is 6.94. The van der Waals surface area contributed by atoms with Crippen LogP contribution in [-0.2, 0) is 11.2 Å². The van der Waals surface area contributed by atoms with Crippen LogP contribution in [0.5, 0.6) is 0 Å². The number of nitrogens with one attached hydrogen (secondary N) is 1. The van der Waals surface area contributed by atoms with Gasteiger partial charge in [-0.1, -0.05) is 58.0 Å². The standard InChI is InChI=1S/C25H39NO2/c1-17(2)12-19-6-8-20(9-7-19)18(3)26-14-23(27)16-28-15-21-10-11-22-13-24(21)25(22,4)5/h6-10,17-18,22-24,26-27H,11-16H2,1-5H3. The molecule has 28 heavy (non-hydrogen) atoms. The molecule has 3 heteroatoms. The maximum Gasteiger partial charge on any atom is 0.0898 e. The highest BCUT2D eigenvalue weighted by molar-refractivity contribution is 5.25. The van der Waals surface area contributed by atoms with E-state index in [0.717, 1.165) is 12.3 Å². The summed E-state index contributed by atoms with van der Waals surface area (Å²) in [5.41, 5.74) is 4.53. The van der Waals surface area contributed by atoms with Gasteiger partial charge in [0.1, 0.15) is 0 Å². The summed E-state index contributed by atoms with van der Waals surface area (Å²) in [5.74, 6) is 2.22. The molecular formula is C25H39NO2. The smallest absolute Gasteiger partial charge is 0.0898 e. The van der Waals surface area contributed by atoms with Crippen LogP contribution >= 0.6 is 0 Å². The van der Waals surface area contributed by atoms with Gasteiger partial charge in [0, 0.05) is 12.6 Å². The molecule has 2 bridgehead atoms. The molecule has 0 heterocycles. The van der Waals surface area contributed by atoms with Gasteiger partial charge in [0.15, 0.2) is 0 Å². The Kier molecular flexibility index (Phi) is 7.01. The number of hydrogen-bond acceptors (Lipinski definition) is 3. The zero-order valence-corrected chi connectivity index (χ0v) is 18.4. The predicted molar refractivity (Wildman–Crippen MR) is 116 cm³/mol. The van der Waals surface area contributed by atoms with Crippen molar-refractivity contribution in [3.8, 4) is 0 Å². The number of rotatable bonds is 10. The Bertz CT molecular complexity index is 662. The highest BCUT2D eigenvalue weighted by Crippen LogP contribution is 2.59. The summed E-state index contributed by atoms with van der Waals surface area (Å²) in [6.07, 6.45) is 5.53. The minimum atomic E-state index is -0.478. The van der Waals surface area contributed by atoms with Crippen LogP contribution < -0.4 is 5.32 Å². The maximum atomic E-state index is 10.3. The number of allylic oxidation sites excluding steroid dienone is 1. The van der Waals surface area contributed by atoms with Gasteiger partial charge < -0.3 is 15.2 Å². The van der Waals surface area contributed by atoms with Gasteiger partial charge in [-0.25, -0.2) is 0 Å². The highest BCUT2D eigenvalue weighted by Gasteiger charge is 2.50. The van der Waals surface area contributed by atoms with Gasteiger partial charge in [-0.15, -0.1) is 0 Å². The van der Waals surface area contributed by atoms with Crippen molar-refractivity contribution in [2.24, 2.45) is 23.2 Å². The van der Waals surface area contributed by atoms with Gasteiger partial charge in [-0.05, 0) is 66.1 Å². The second-order valence-corrected chi connectivity index (χ2v) is 9.96. The molecule has 0 aliphatic heterocycles. The van der Waals surface area contributed by atoms with Crippen LogP contribution in [0.3, 0.4) is 0 Å². The molecule has 0 radical (unpaired) electrons. The van der Waals surface area contributed by atoms with E-state index in [2.05, 4.69) is 70.3 Å². The normalized spacial score (nSPS) is 25.2. The number of aliphatic hydroxyl groups is 1. The quantitative estimate of drug-likeness (QED) is 0.563. The molecule has 4 unspecified atom stereocenters. The molecule has 1 aromatic rings. The second kappa shape index (κ2) is 9.11. The predicted octanol–water partition coefficient (Wildman–Crippen LogP) is 4.91. The molecule has 2 N–H and O–H groups in total. The van der Waals surface area contributed by atoms with Crippen molar-refractivity contribution in [1.29, 1.82) is 0 Å². The summed E-state index contributed by atoms with van der Waals surface area (Å²) in [4.78, 5) is 0. The monoisotopic (exact) mass is 385 g/mol. The molecule has 3 nitrogen and oxygen atoms in total. The Morgan fingerprint density at radius 2 is 1.89 bits per heavy atom. The van der Waals surface area contributed by atoms with Crippen LogP contribution in [0.15, 0.2) is 35.9 Å². The van der Waals surface area contributed by atoms with Gasteiger partial charge in [-0.3, -0.25) is 0 Å². The van der Waals surface area contributed by atoms with E-state index in [1.807, 2.05) is 0 Å². The SMILES string of the molecule is CC(C)Cc1ccc(C(C)NCC(O)COCC2=CCC3CC2C3(C)C)cc1. The van der Waals surface area contributed by atoms with E-state index in [1.54, 1.807) is 0 Å². The zero-order chi connectivity index (χ0) is 20.3. The van der Waals surface area contributed by atoms with Gasteiger partial charge in [0.05, 0.1) is 19.3 Å². The number of ether oxygens (including phenoxy) is 1.